The number of benzene rings is 1. The number of carbonyl (C=O) groups excluding carboxylic acids is 6. The molecule has 1 aromatic rings. The first kappa shape index (κ1) is 35.5. The van der Waals surface area contributed by atoms with Crippen LogP contribution in [0.15, 0.2) is 30.3 Å². The lowest BCUT2D eigenvalue weighted by Gasteiger charge is -2.53. The molecule has 2 unspecified atom stereocenters. The van der Waals surface area contributed by atoms with E-state index in [1.54, 1.807) is 44.2 Å². The second-order valence-corrected chi connectivity index (χ2v) is 16.6. The van der Waals surface area contributed by atoms with Gasteiger partial charge in [0.05, 0.1) is 11.8 Å². The van der Waals surface area contributed by atoms with Crippen LogP contribution in [-0.4, -0.2) is 108 Å². The first-order valence-electron chi connectivity index (χ1n) is 15.3. The maximum Gasteiger partial charge on any atom is 0.333 e. The zero-order valence-electron chi connectivity index (χ0n) is 26.8. The highest BCUT2D eigenvalue weighted by molar-refractivity contribution is 8.02. The number of fused-ring (bicyclic) bond motifs is 2. The molecule has 1 aromatic carbocycles. The molecule has 0 saturated carbocycles. The molecule has 0 aromatic heterocycles. The van der Waals surface area contributed by atoms with Crippen molar-refractivity contribution in [3.8, 4) is 0 Å². The normalized spacial score (nSPS) is 28.3. The quantitative estimate of drug-likeness (QED) is 0.148. The van der Waals surface area contributed by atoms with Gasteiger partial charge < -0.3 is 40.2 Å². The highest BCUT2D eigenvalue weighted by atomic mass is 32.2. The molecule has 0 spiro atoms. The van der Waals surface area contributed by atoms with E-state index < -0.39 is 87.6 Å². The monoisotopic (exact) mass is 706 g/mol. The largest absolute Gasteiger partial charge is 0.481 e. The topological polar surface area (TPSA) is 212 Å². The smallest absolute Gasteiger partial charge is 0.333 e. The zero-order chi connectivity index (χ0) is 35.2. The van der Waals surface area contributed by atoms with Crippen LogP contribution < -0.4 is 11.1 Å². The maximum atomic E-state index is 14.1. The van der Waals surface area contributed by atoms with Crippen LogP contribution in [0, 0.1) is 0 Å². The van der Waals surface area contributed by atoms with Crippen molar-refractivity contribution in [2.45, 2.75) is 97.3 Å². The van der Waals surface area contributed by atoms with Gasteiger partial charge in [0.2, 0.25) is 18.6 Å². The summed E-state index contributed by atoms with van der Waals surface area (Å²) >= 11 is 2.68. The summed E-state index contributed by atoms with van der Waals surface area (Å²) < 4.78 is 14.2. The van der Waals surface area contributed by atoms with Gasteiger partial charge in [-0.2, -0.15) is 0 Å². The van der Waals surface area contributed by atoms with Crippen molar-refractivity contribution in [2.24, 2.45) is 5.73 Å². The number of thioether (sulfide) groups is 2. The van der Waals surface area contributed by atoms with Crippen LogP contribution in [0.4, 0.5) is 0 Å². The number of hydrogen-bond acceptors (Lipinski definition) is 13. The number of carboxylic acid groups (broad SMARTS) is 1. The maximum absolute atomic E-state index is 14.1. The molecule has 48 heavy (non-hydrogen) atoms. The SMILES string of the molecule is CC1(C)S[C@@H]2CC(=O)N2[C@H]1C(=O)OCC1(NC(=O)C(N)c2ccccc2)C(=O)N2[C@@H](C(=O)OCOC(=O)CCCC(=O)O)C(C)(C)S[C@@H]21. The van der Waals surface area contributed by atoms with Crippen molar-refractivity contribution in [3.63, 3.8) is 0 Å². The number of hydrogen-bond donors (Lipinski definition) is 3. The summed E-state index contributed by atoms with van der Waals surface area (Å²) in [5.41, 5.74) is 4.94. The van der Waals surface area contributed by atoms with Gasteiger partial charge in [-0.15, -0.1) is 23.5 Å². The lowest BCUT2D eigenvalue weighted by molar-refractivity contribution is -0.185. The van der Waals surface area contributed by atoms with Gasteiger partial charge in [0.15, 0.2) is 5.54 Å². The van der Waals surface area contributed by atoms with E-state index in [0.29, 0.717) is 12.0 Å². The van der Waals surface area contributed by atoms with Crippen molar-refractivity contribution in [2.75, 3.05) is 13.4 Å². The van der Waals surface area contributed by atoms with Gasteiger partial charge in [0.25, 0.3) is 5.91 Å². The number of nitrogens with two attached hydrogens (primary N) is 1. The van der Waals surface area contributed by atoms with E-state index in [1.165, 1.54) is 33.3 Å². The molecular formula is C31H38N4O11S2. The van der Waals surface area contributed by atoms with Crippen LogP contribution >= 0.6 is 23.5 Å². The van der Waals surface area contributed by atoms with Gasteiger partial charge in [0.1, 0.15) is 30.1 Å². The number of β-lactam (4-membered cyclic amide) rings is 2. The number of amides is 3. The average Bonchev–Trinajstić information content (AvgIpc) is 3.42. The molecule has 4 aliphatic heterocycles. The number of carbonyl (C=O) groups is 7. The number of rotatable bonds is 13. The number of esters is 3. The Morgan fingerprint density at radius 1 is 0.938 bits per heavy atom. The Kier molecular flexibility index (Phi) is 9.78. The summed E-state index contributed by atoms with van der Waals surface area (Å²) in [7, 11) is 0. The van der Waals surface area contributed by atoms with Crippen molar-refractivity contribution >= 4 is 65.1 Å². The van der Waals surface area contributed by atoms with Crippen LogP contribution in [0.1, 0.15) is 65.0 Å². The Hall–Kier alpha value is -3.83. The molecule has 4 aliphatic rings. The number of nitrogens with one attached hydrogen (secondary N) is 1. The van der Waals surface area contributed by atoms with Crippen LogP contribution in [0.25, 0.3) is 0 Å². The van der Waals surface area contributed by atoms with Gasteiger partial charge in [-0.25, -0.2) is 9.59 Å². The number of ether oxygens (including phenoxy) is 3. The summed E-state index contributed by atoms with van der Waals surface area (Å²) in [6, 6.07) is 5.25. The van der Waals surface area contributed by atoms with E-state index in [-0.39, 0.29) is 30.5 Å². The van der Waals surface area contributed by atoms with E-state index in [0.717, 1.165) is 0 Å². The molecular weight excluding hydrogens is 668 g/mol. The van der Waals surface area contributed by atoms with Gasteiger partial charge in [0, 0.05) is 22.3 Å². The summed E-state index contributed by atoms with van der Waals surface area (Å²) in [4.78, 5) is 92.2. The standard InChI is InChI=1S/C31H38N4O11S2/c1-29(2)22(34-17(36)13-18(34)47-29)25(41)44-14-31(33-24(40)21(32)16-9-6-5-7-10-16)27(43)35-23(30(3,4)48-28(31)35)26(42)46-15-45-20(39)12-8-11-19(37)38/h5-7,9-10,18,21-23,28H,8,11-15,32H2,1-4H3,(H,33,40)(H,37,38)/t18-,21?,22+,23+,28-,31?/m1/s1. The van der Waals surface area contributed by atoms with Crippen molar-refractivity contribution in [3.05, 3.63) is 35.9 Å². The molecule has 4 fully saturated rings. The van der Waals surface area contributed by atoms with Crippen LogP contribution in [-0.2, 0) is 47.8 Å². The molecule has 15 nitrogen and oxygen atoms in total. The van der Waals surface area contributed by atoms with E-state index in [2.05, 4.69) is 5.32 Å². The minimum atomic E-state index is -1.80. The minimum Gasteiger partial charge on any atom is -0.481 e. The molecule has 0 bridgehead atoms. The predicted molar refractivity (Wildman–Crippen MR) is 171 cm³/mol. The molecule has 0 radical (unpaired) electrons. The van der Waals surface area contributed by atoms with Crippen LogP contribution in [0.3, 0.4) is 0 Å². The first-order valence-corrected chi connectivity index (χ1v) is 17.1. The average molecular weight is 707 g/mol. The molecule has 3 amide bonds. The molecule has 260 valence electrons. The van der Waals surface area contributed by atoms with E-state index in [1.807, 2.05) is 13.8 Å². The Morgan fingerprint density at radius 3 is 2.21 bits per heavy atom. The van der Waals surface area contributed by atoms with Gasteiger partial charge in [-0.3, -0.25) is 24.0 Å². The predicted octanol–water partition coefficient (Wildman–Crippen LogP) is 0.898. The van der Waals surface area contributed by atoms with E-state index >= 15 is 0 Å². The van der Waals surface area contributed by atoms with E-state index in [4.69, 9.17) is 25.1 Å². The fraction of sp³-hybridized carbons (Fsp3) is 0.581. The molecule has 6 atom stereocenters. The molecule has 0 aliphatic carbocycles. The Labute approximate surface area is 284 Å². The second kappa shape index (κ2) is 13.2. The third kappa shape index (κ3) is 6.46. The van der Waals surface area contributed by atoms with Crippen LogP contribution in [0.2, 0.25) is 0 Å². The molecule has 4 saturated heterocycles. The molecule has 4 heterocycles. The van der Waals surface area contributed by atoms with E-state index in [9.17, 15) is 33.6 Å². The number of nitrogens with zero attached hydrogens (tertiary/aromatic N) is 2. The lowest BCUT2D eigenvalue weighted by Crippen LogP contribution is -2.81. The van der Waals surface area contributed by atoms with Crippen molar-refractivity contribution < 1.29 is 52.9 Å². The molecule has 4 N–H and O–H groups in total. The van der Waals surface area contributed by atoms with Gasteiger partial charge in [-0.05, 0) is 39.7 Å². The van der Waals surface area contributed by atoms with Crippen LogP contribution in [0.5, 0.6) is 0 Å². The summed E-state index contributed by atoms with van der Waals surface area (Å²) in [6.45, 7) is 5.75. The molecule has 17 heteroatoms. The van der Waals surface area contributed by atoms with Gasteiger partial charge in [-0.1, -0.05) is 30.3 Å². The Balaban J connectivity index is 1.32. The fourth-order valence-electron chi connectivity index (χ4n) is 6.41. The minimum absolute atomic E-state index is 0.0523. The summed E-state index contributed by atoms with van der Waals surface area (Å²) in [6.07, 6.45) is -0.0375. The Morgan fingerprint density at radius 2 is 1.56 bits per heavy atom. The third-order valence-corrected chi connectivity index (χ3v) is 12.0. The summed E-state index contributed by atoms with van der Waals surface area (Å²) in [5.74, 6) is -5.00. The molecule has 5 rings (SSSR count). The van der Waals surface area contributed by atoms with Crippen molar-refractivity contribution in [1.82, 2.24) is 15.1 Å². The highest BCUT2D eigenvalue weighted by Gasteiger charge is 2.73. The zero-order valence-corrected chi connectivity index (χ0v) is 28.5. The number of carboxylic acids is 1. The second-order valence-electron chi connectivity index (χ2n) is 13.1. The van der Waals surface area contributed by atoms with Crippen molar-refractivity contribution in [1.29, 1.82) is 0 Å². The first-order chi connectivity index (χ1) is 22.5. The highest BCUT2D eigenvalue weighted by Crippen LogP contribution is 2.56. The number of aliphatic carboxylic acids is 1. The third-order valence-electron chi connectivity index (χ3n) is 8.84. The van der Waals surface area contributed by atoms with Gasteiger partial charge >= 0.3 is 23.9 Å². The Bertz CT molecular complexity index is 1520. The fourth-order valence-corrected chi connectivity index (χ4v) is 9.70. The lowest BCUT2D eigenvalue weighted by atomic mass is 9.84. The summed E-state index contributed by atoms with van der Waals surface area (Å²) in [5, 5.41) is 10.4.